The molecule has 0 fully saturated rings. The molecule has 0 bridgehead atoms. The summed E-state index contributed by atoms with van der Waals surface area (Å²) in [6.45, 7) is 0. The van der Waals surface area contributed by atoms with Gasteiger partial charge in [-0.3, -0.25) is 4.79 Å². The van der Waals surface area contributed by atoms with Gasteiger partial charge in [0.25, 0.3) is 0 Å². The van der Waals surface area contributed by atoms with E-state index in [9.17, 15) is 4.79 Å². The zero-order chi connectivity index (χ0) is 16.9. The molecule has 1 aromatic heterocycles. The molecular formula is C19H18N2OS2. The second-order valence-corrected chi connectivity index (χ2v) is 7.72. The van der Waals surface area contributed by atoms with Crippen molar-refractivity contribution in [2.45, 2.75) is 9.59 Å². The van der Waals surface area contributed by atoms with Crippen LogP contribution >= 0.6 is 23.1 Å². The SMILES string of the molecule is CN(C)C(=O)C(Sc1nc(-c2ccccc2)cs1)c1ccccc1. The molecule has 0 aliphatic carbocycles. The van der Waals surface area contributed by atoms with Gasteiger partial charge in [-0.2, -0.15) is 0 Å². The summed E-state index contributed by atoms with van der Waals surface area (Å²) in [4.78, 5) is 18.9. The first-order chi connectivity index (χ1) is 11.6. The first-order valence-corrected chi connectivity index (χ1v) is 9.35. The molecule has 0 saturated heterocycles. The van der Waals surface area contributed by atoms with Crippen molar-refractivity contribution in [3.8, 4) is 11.3 Å². The number of hydrogen-bond acceptors (Lipinski definition) is 4. The van der Waals surface area contributed by atoms with E-state index >= 15 is 0 Å². The van der Waals surface area contributed by atoms with E-state index in [4.69, 9.17) is 4.98 Å². The van der Waals surface area contributed by atoms with Crippen molar-refractivity contribution in [2.75, 3.05) is 14.1 Å². The first-order valence-electron chi connectivity index (χ1n) is 7.59. The first kappa shape index (κ1) is 16.7. The summed E-state index contributed by atoms with van der Waals surface area (Å²) >= 11 is 3.09. The third-order valence-corrected chi connectivity index (χ3v) is 5.75. The smallest absolute Gasteiger partial charge is 0.240 e. The normalized spacial score (nSPS) is 11.9. The highest BCUT2D eigenvalue weighted by Crippen LogP contribution is 2.39. The molecule has 2 aromatic carbocycles. The van der Waals surface area contributed by atoms with Crippen LogP contribution in [-0.4, -0.2) is 29.9 Å². The molecule has 0 radical (unpaired) electrons. The van der Waals surface area contributed by atoms with Crippen LogP contribution in [0.15, 0.2) is 70.4 Å². The highest BCUT2D eigenvalue weighted by molar-refractivity contribution is 8.01. The number of carbonyl (C=O) groups is 1. The van der Waals surface area contributed by atoms with Gasteiger partial charge in [0.2, 0.25) is 5.91 Å². The number of likely N-dealkylation sites (N-methyl/N-ethyl adjacent to an activating group) is 1. The van der Waals surface area contributed by atoms with Gasteiger partial charge in [0.05, 0.1) is 5.69 Å². The Morgan fingerprint density at radius 1 is 1.04 bits per heavy atom. The lowest BCUT2D eigenvalue weighted by Crippen LogP contribution is -2.26. The number of hydrogen-bond donors (Lipinski definition) is 0. The molecule has 1 unspecified atom stereocenters. The van der Waals surface area contributed by atoms with Gasteiger partial charge >= 0.3 is 0 Å². The summed E-state index contributed by atoms with van der Waals surface area (Å²) in [5.41, 5.74) is 3.04. The highest BCUT2D eigenvalue weighted by atomic mass is 32.2. The van der Waals surface area contributed by atoms with Crippen molar-refractivity contribution in [3.05, 3.63) is 71.6 Å². The predicted octanol–water partition coefficient (Wildman–Crippen LogP) is 4.73. The molecule has 5 heteroatoms. The monoisotopic (exact) mass is 354 g/mol. The number of thioether (sulfide) groups is 1. The van der Waals surface area contributed by atoms with Crippen molar-refractivity contribution in [1.82, 2.24) is 9.88 Å². The van der Waals surface area contributed by atoms with Gasteiger partial charge in [-0.05, 0) is 5.56 Å². The van der Waals surface area contributed by atoms with Gasteiger partial charge in [-0.25, -0.2) is 4.98 Å². The molecular weight excluding hydrogens is 336 g/mol. The Kier molecular flexibility index (Phi) is 5.33. The second-order valence-electron chi connectivity index (χ2n) is 5.51. The molecule has 3 aromatic rings. The standard InChI is InChI=1S/C19H18N2OS2/c1-21(2)18(22)17(15-11-7-4-8-12-15)24-19-20-16(13-23-19)14-9-5-3-6-10-14/h3-13,17H,1-2H3. The van der Waals surface area contributed by atoms with Gasteiger partial charge in [-0.15, -0.1) is 11.3 Å². The van der Waals surface area contributed by atoms with Crippen LogP contribution in [0.1, 0.15) is 10.8 Å². The largest absolute Gasteiger partial charge is 0.348 e. The fraction of sp³-hybridized carbons (Fsp3) is 0.158. The summed E-state index contributed by atoms with van der Waals surface area (Å²) in [6, 6.07) is 20.0. The summed E-state index contributed by atoms with van der Waals surface area (Å²) in [5.74, 6) is 0.0719. The average molecular weight is 355 g/mol. The Bertz CT molecular complexity index is 801. The van der Waals surface area contributed by atoms with Crippen LogP contribution in [0.2, 0.25) is 0 Å². The second kappa shape index (κ2) is 7.64. The van der Waals surface area contributed by atoms with E-state index in [0.29, 0.717) is 0 Å². The van der Waals surface area contributed by atoms with Gasteiger partial charge in [0.15, 0.2) is 4.34 Å². The molecule has 3 rings (SSSR count). The van der Waals surface area contributed by atoms with Gasteiger partial charge in [0, 0.05) is 25.0 Å². The Balaban J connectivity index is 1.86. The summed E-state index contributed by atoms with van der Waals surface area (Å²) in [5, 5.41) is 1.76. The number of thiazole rings is 1. The molecule has 1 atom stereocenters. The fourth-order valence-corrected chi connectivity index (χ4v) is 4.44. The van der Waals surface area contributed by atoms with E-state index < -0.39 is 0 Å². The molecule has 122 valence electrons. The summed E-state index contributed by atoms with van der Waals surface area (Å²) in [6.07, 6.45) is 0. The summed E-state index contributed by atoms with van der Waals surface area (Å²) in [7, 11) is 3.58. The van der Waals surface area contributed by atoms with E-state index in [1.165, 1.54) is 11.8 Å². The minimum absolute atomic E-state index is 0.0719. The lowest BCUT2D eigenvalue weighted by Gasteiger charge is -2.19. The van der Waals surface area contributed by atoms with Crippen LogP contribution in [0.5, 0.6) is 0 Å². The molecule has 1 amide bonds. The third kappa shape index (κ3) is 3.86. The fourth-order valence-electron chi connectivity index (χ4n) is 2.28. The quantitative estimate of drug-likeness (QED) is 0.621. The Morgan fingerprint density at radius 2 is 1.67 bits per heavy atom. The van der Waals surface area contributed by atoms with Crippen LogP contribution in [0.25, 0.3) is 11.3 Å². The Morgan fingerprint density at radius 3 is 2.29 bits per heavy atom. The van der Waals surface area contributed by atoms with E-state index in [0.717, 1.165) is 21.2 Å². The van der Waals surface area contributed by atoms with E-state index in [-0.39, 0.29) is 11.2 Å². The number of rotatable bonds is 5. The lowest BCUT2D eigenvalue weighted by atomic mass is 10.1. The number of aromatic nitrogens is 1. The van der Waals surface area contributed by atoms with Gasteiger partial charge in [0.1, 0.15) is 5.25 Å². The van der Waals surface area contributed by atoms with Crippen LogP contribution < -0.4 is 0 Å². The molecule has 1 heterocycles. The van der Waals surface area contributed by atoms with Crippen molar-refractivity contribution in [2.24, 2.45) is 0 Å². The van der Waals surface area contributed by atoms with Crippen molar-refractivity contribution in [1.29, 1.82) is 0 Å². The number of nitrogens with zero attached hydrogens (tertiary/aromatic N) is 2. The third-order valence-electron chi connectivity index (χ3n) is 3.54. The zero-order valence-electron chi connectivity index (χ0n) is 13.5. The van der Waals surface area contributed by atoms with Crippen LogP contribution in [0, 0.1) is 0 Å². The number of carbonyl (C=O) groups excluding carboxylic acids is 1. The topological polar surface area (TPSA) is 33.2 Å². The Hall–Kier alpha value is -2.11. The average Bonchev–Trinajstić information content (AvgIpc) is 3.09. The summed E-state index contributed by atoms with van der Waals surface area (Å²) < 4.78 is 0.901. The highest BCUT2D eigenvalue weighted by Gasteiger charge is 2.24. The maximum Gasteiger partial charge on any atom is 0.240 e. The van der Waals surface area contributed by atoms with E-state index in [2.05, 4.69) is 0 Å². The van der Waals surface area contributed by atoms with Crippen molar-refractivity contribution in [3.63, 3.8) is 0 Å². The maximum atomic E-state index is 12.6. The molecule has 0 aliphatic rings. The molecule has 3 nitrogen and oxygen atoms in total. The number of amides is 1. The molecule has 0 N–H and O–H groups in total. The lowest BCUT2D eigenvalue weighted by molar-refractivity contribution is -0.128. The zero-order valence-corrected chi connectivity index (χ0v) is 15.2. The number of benzene rings is 2. The van der Waals surface area contributed by atoms with Gasteiger partial charge < -0.3 is 4.90 Å². The van der Waals surface area contributed by atoms with Crippen LogP contribution in [-0.2, 0) is 4.79 Å². The molecule has 0 aliphatic heterocycles. The molecule has 24 heavy (non-hydrogen) atoms. The minimum Gasteiger partial charge on any atom is -0.348 e. The molecule has 0 spiro atoms. The van der Waals surface area contributed by atoms with Crippen molar-refractivity contribution >= 4 is 29.0 Å². The van der Waals surface area contributed by atoms with Crippen LogP contribution in [0.3, 0.4) is 0 Å². The van der Waals surface area contributed by atoms with Gasteiger partial charge in [-0.1, -0.05) is 72.4 Å². The van der Waals surface area contributed by atoms with E-state index in [1.807, 2.05) is 66.0 Å². The molecule has 0 saturated carbocycles. The van der Waals surface area contributed by atoms with E-state index in [1.54, 1.807) is 30.3 Å². The maximum absolute atomic E-state index is 12.6. The van der Waals surface area contributed by atoms with Crippen LogP contribution in [0.4, 0.5) is 0 Å². The predicted molar refractivity (Wildman–Crippen MR) is 101 cm³/mol. The minimum atomic E-state index is -0.282. The van der Waals surface area contributed by atoms with Crippen molar-refractivity contribution < 1.29 is 4.79 Å². The Labute approximate surface area is 150 Å².